The number of esters is 2. The van der Waals surface area contributed by atoms with E-state index in [0.717, 1.165) is 12.8 Å². The molecule has 0 N–H and O–H groups in total. The van der Waals surface area contributed by atoms with Crippen LogP contribution in [0.25, 0.3) is 0 Å². The molecule has 8 nitrogen and oxygen atoms in total. The van der Waals surface area contributed by atoms with Gasteiger partial charge in [-0.15, -0.1) is 0 Å². The number of ether oxygens (including phenoxy) is 6. The van der Waals surface area contributed by atoms with Gasteiger partial charge in [-0.1, -0.05) is 6.07 Å². The van der Waals surface area contributed by atoms with Crippen molar-refractivity contribution in [3.8, 4) is 5.75 Å². The average molecular weight is 380 g/mol. The summed E-state index contributed by atoms with van der Waals surface area (Å²) < 4.78 is 33.3. The lowest BCUT2D eigenvalue weighted by Crippen LogP contribution is -2.46. The van der Waals surface area contributed by atoms with Crippen molar-refractivity contribution in [2.24, 2.45) is 0 Å². The van der Waals surface area contributed by atoms with E-state index >= 15 is 0 Å². The predicted molar refractivity (Wildman–Crippen MR) is 92.6 cm³/mol. The Morgan fingerprint density at radius 3 is 2.56 bits per heavy atom. The molecule has 3 rings (SSSR count). The third-order valence-corrected chi connectivity index (χ3v) is 4.28. The van der Waals surface area contributed by atoms with Gasteiger partial charge in [0.2, 0.25) is 0 Å². The molecule has 0 saturated carbocycles. The second-order valence-electron chi connectivity index (χ2n) is 6.14. The minimum Gasteiger partial charge on any atom is -0.484 e. The predicted octanol–water partition coefficient (Wildman–Crippen LogP) is 2.30. The molecule has 1 atom stereocenters. The van der Waals surface area contributed by atoms with Crippen LogP contribution in [0.15, 0.2) is 18.2 Å². The van der Waals surface area contributed by atoms with E-state index in [9.17, 15) is 9.59 Å². The molecule has 0 bridgehead atoms. The van der Waals surface area contributed by atoms with E-state index in [4.69, 9.17) is 23.7 Å². The molecule has 0 spiro atoms. The molecular formula is C19H24O8. The first kappa shape index (κ1) is 19.8. The first-order valence-corrected chi connectivity index (χ1v) is 9.14. The highest BCUT2D eigenvalue weighted by atomic mass is 16.9. The molecule has 1 fully saturated rings. The van der Waals surface area contributed by atoms with Crippen LogP contribution in [0.4, 0.5) is 0 Å². The van der Waals surface area contributed by atoms with Gasteiger partial charge in [0.25, 0.3) is 0 Å². The standard InChI is InChI=1S/C19H24O8/c1-3-24-19(25-4-2,26-11-13-7-6-10-22-13)12-23-15-9-5-8-14-16(15)18(21)27-17(14)20/h5,8-9,13H,3-4,6-7,10-12H2,1-2H3. The van der Waals surface area contributed by atoms with Crippen LogP contribution in [-0.2, 0) is 23.7 Å². The Bertz CT molecular complexity index is 674. The maximum Gasteiger partial charge on any atom is 0.350 e. The highest BCUT2D eigenvalue weighted by Gasteiger charge is 2.38. The van der Waals surface area contributed by atoms with Crippen molar-refractivity contribution in [3.63, 3.8) is 0 Å². The molecule has 2 aliphatic rings. The fraction of sp³-hybridized carbons (Fsp3) is 0.579. The zero-order chi connectivity index (χ0) is 19.3. The van der Waals surface area contributed by atoms with Crippen LogP contribution in [0, 0.1) is 0 Å². The largest absolute Gasteiger partial charge is 0.484 e. The van der Waals surface area contributed by atoms with E-state index in [2.05, 4.69) is 4.74 Å². The summed E-state index contributed by atoms with van der Waals surface area (Å²) >= 11 is 0. The Labute approximate surface area is 157 Å². The van der Waals surface area contributed by atoms with Crippen molar-refractivity contribution >= 4 is 11.9 Å². The maximum atomic E-state index is 11.9. The van der Waals surface area contributed by atoms with Gasteiger partial charge in [0.05, 0.1) is 18.3 Å². The highest BCUT2D eigenvalue weighted by Crippen LogP contribution is 2.30. The highest BCUT2D eigenvalue weighted by molar-refractivity contribution is 6.16. The summed E-state index contributed by atoms with van der Waals surface area (Å²) in [6.45, 7) is 5.20. The average Bonchev–Trinajstić information content (AvgIpc) is 3.27. The summed E-state index contributed by atoms with van der Waals surface area (Å²) in [4.78, 5) is 23.6. The van der Waals surface area contributed by atoms with E-state index in [1.165, 1.54) is 6.07 Å². The molecule has 1 aromatic carbocycles. The van der Waals surface area contributed by atoms with Crippen LogP contribution in [-0.4, -0.2) is 57.1 Å². The summed E-state index contributed by atoms with van der Waals surface area (Å²) in [6.07, 6.45) is 1.89. The molecule has 8 heteroatoms. The fourth-order valence-electron chi connectivity index (χ4n) is 3.07. The summed E-state index contributed by atoms with van der Waals surface area (Å²) in [7, 11) is 0. The van der Waals surface area contributed by atoms with Crippen LogP contribution in [0.3, 0.4) is 0 Å². The van der Waals surface area contributed by atoms with Gasteiger partial charge in [0, 0.05) is 19.8 Å². The zero-order valence-electron chi connectivity index (χ0n) is 15.5. The molecule has 1 unspecified atom stereocenters. The van der Waals surface area contributed by atoms with E-state index in [-0.39, 0.29) is 29.6 Å². The van der Waals surface area contributed by atoms with Crippen molar-refractivity contribution in [2.75, 3.05) is 33.0 Å². The lowest BCUT2D eigenvalue weighted by Gasteiger charge is -2.33. The van der Waals surface area contributed by atoms with Gasteiger partial charge in [0.15, 0.2) is 6.61 Å². The number of cyclic esters (lactones) is 2. The molecule has 0 aromatic heterocycles. The molecule has 2 heterocycles. The van der Waals surface area contributed by atoms with E-state index < -0.39 is 17.9 Å². The monoisotopic (exact) mass is 380 g/mol. The van der Waals surface area contributed by atoms with Crippen molar-refractivity contribution in [3.05, 3.63) is 29.3 Å². The van der Waals surface area contributed by atoms with Gasteiger partial charge in [-0.2, -0.15) is 0 Å². The number of hydrogen-bond acceptors (Lipinski definition) is 8. The molecule has 0 aliphatic carbocycles. The normalized spacial score (nSPS) is 19.3. The van der Waals surface area contributed by atoms with Crippen LogP contribution >= 0.6 is 0 Å². The summed E-state index contributed by atoms with van der Waals surface area (Å²) in [5, 5.41) is 0. The smallest absolute Gasteiger partial charge is 0.350 e. The Morgan fingerprint density at radius 2 is 1.89 bits per heavy atom. The second kappa shape index (κ2) is 8.79. The molecular weight excluding hydrogens is 356 g/mol. The number of benzene rings is 1. The Kier molecular flexibility index (Phi) is 6.43. The first-order valence-electron chi connectivity index (χ1n) is 9.14. The van der Waals surface area contributed by atoms with Gasteiger partial charge in [0.1, 0.15) is 11.3 Å². The van der Waals surface area contributed by atoms with Gasteiger partial charge >= 0.3 is 17.9 Å². The minimum absolute atomic E-state index is 0.0149. The first-order chi connectivity index (χ1) is 13.1. The van der Waals surface area contributed by atoms with Crippen LogP contribution in [0.1, 0.15) is 47.4 Å². The maximum absolute atomic E-state index is 11.9. The Balaban J connectivity index is 1.74. The van der Waals surface area contributed by atoms with Crippen LogP contribution in [0.2, 0.25) is 0 Å². The zero-order valence-corrected chi connectivity index (χ0v) is 15.5. The molecule has 0 amide bonds. The van der Waals surface area contributed by atoms with E-state index in [1.807, 2.05) is 13.8 Å². The fourth-order valence-corrected chi connectivity index (χ4v) is 3.07. The number of carbonyl (C=O) groups is 2. The third kappa shape index (κ3) is 4.47. The van der Waals surface area contributed by atoms with Crippen molar-refractivity contribution in [1.29, 1.82) is 0 Å². The van der Waals surface area contributed by atoms with E-state index in [0.29, 0.717) is 26.4 Å². The quantitative estimate of drug-likeness (QED) is 0.347. The number of hydrogen-bond donors (Lipinski definition) is 0. The van der Waals surface area contributed by atoms with Crippen molar-refractivity contribution < 1.29 is 38.0 Å². The third-order valence-electron chi connectivity index (χ3n) is 4.28. The number of carbonyl (C=O) groups excluding carboxylic acids is 2. The molecule has 0 radical (unpaired) electrons. The molecule has 27 heavy (non-hydrogen) atoms. The minimum atomic E-state index is -1.44. The van der Waals surface area contributed by atoms with Crippen molar-refractivity contribution in [1.82, 2.24) is 0 Å². The lowest BCUT2D eigenvalue weighted by atomic mass is 10.1. The SMILES string of the molecule is CCOC(COc1cccc2c1C(=O)OC2=O)(OCC)OCC1CCCO1. The summed E-state index contributed by atoms with van der Waals surface area (Å²) in [5.41, 5.74) is 0.278. The Morgan fingerprint density at radius 1 is 1.11 bits per heavy atom. The number of rotatable bonds is 10. The Hall–Kier alpha value is -2.00. The summed E-state index contributed by atoms with van der Waals surface area (Å²) in [6, 6.07) is 4.72. The van der Waals surface area contributed by atoms with Gasteiger partial charge in [-0.25, -0.2) is 9.59 Å². The van der Waals surface area contributed by atoms with Crippen molar-refractivity contribution in [2.45, 2.75) is 38.8 Å². The van der Waals surface area contributed by atoms with Gasteiger partial charge in [-0.05, 0) is 38.8 Å². The molecule has 1 aromatic rings. The second-order valence-corrected chi connectivity index (χ2v) is 6.14. The molecule has 148 valence electrons. The van der Waals surface area contributed by atoms with Crippen LogP contribution < -0.4 is 4.74 Å². The van der Waals surface area contributed by atoms with E-state index in [1.54, 1.807) is 12.1 Å². The number of fused-ring (bicyclic) bond motifs is 1. The van der Waals surface area contributed by atoms with Gasteiger partial charge < -0.3 is 28.4 Å². The topological polar surface area (TPSA) is 89.5 Å². The van der Waals surface area contributed by atoms with Crippen LogP contribution in [0.5, 0.6) is 5.75 Å². The summed E-state index contributed by atoms with van der Waals surface area (Å²) in [5.74, 6) is -2.64. The van der Waals surface area contributed by atoms with Gasteiger partial charge in [-0.3, -0.25) is 0 Å². The molecule has 2 aliphatic heterocycles. The lowest BCUT2D eigenvalue weighted by molar-refractivity contribution is -0.389. The molecule has 1 saturated heterocycles.